The SMILES string of the molecule is CCOC(=O)C(C)NCc1ccc(C)c(Cl)c1. The Morgan fingerprint density at radius 2 is 2.24 bits per heavy atom. The van der Waals surface area contributed by atoms with Gasteiger partial charge in [-0.15, -0.1) is 0 Å². The molecule has 4 heteroatoms. The predicted octanol–water partition coefficient (Wildman–Crippen LogP) is 2.69. The molecular formula is C13H18ClNO2. The second-order valence-corrected chi connectivity index (χ2v) is 4.35. The summed E-state index contributed by atoms with van der Waals surface area (Å²) in [6.45, 7) is 6.54. The number of halogens is 1. The van der Waals surface area contributed by atoms with Gasteiger partial charge in [0.05, 0.1) is 6.61 Å². The van der Waals surface area contributed by atoms with E-state index in [4.69, 9.17) is 16.3 Å². The number of carbonyl (C=O) groups is 1. The maximum Gasteiger partial charge on any atom is 0.322 e. The van der Waals surface area contributed by atoms with E-state index in [0.29, 0.717) is 13.2 Å². The van der Waals surface area contributed by atoms with Gasteiger partial charge >= 0.3 is 5.97 Å². The van der Waals surface area contributed by atoms with E-state index in [2.05, 4.69) is 5.32 Å². The van der Waals surface area contributed by atoms with Crippen molar-refractivity contribution in [3.05, 3.63) is 34.3 Å². The molecule has 1 N–H and O–H groups in total. The highest BCUT2D eigenvalue weighted by atomic mass is 35.5. The molecule has 0 aliphatic rings. The second kappa shape index (κ2) is 6.62. The molecule has 0 spiro atoms. The van der Waals surface area contributed by atoms with Crippen molar-refractivity contribution < 1.29 is 9.53 Å². The Morgan fingerprint density at radius 3 is 2.82 bits per heavy atom. The van der Waals surface area contributed by atoms with Gasteiger partial charge in [-0.05, 0) is 38.0 Å². The first-order valence-corrected chi connectivity index (χ1v) is 6.07. The van der Waals surface area contributed by atoms with Gasteiger partial charge in [0.2, 0.25) is 0 Å². The molecule has 0 aliphatic carbocycles. The molecule has 17 heavy (non-hydrogen) atoms. The number of hydrogen-bond acceptors (Lipinski definition) is 3. The van der Waals surface area contributed by atoms with Crippen LogP contribution in [0.2, 0.25) is 5.02 Å². The minimum atomic E-state index is -0.310. The smallest absolute Gasteiger partial charge is 0.322 e. The van der Waals surface area contributed by atoms with E-state index in [0.717, 1.165) is 16.1 Å². The molecule has 0 fully saturated rings. The van der Waals surface area contributed by atoms with Crippen molar-refractivity contribution in [3.8, 4) is 0 Å². The highest BCUT2D eigenvalue weighted by molar-refractivity contribution is 6.31. The quantitative estimate of drug-likeness (QED) is 0.823. The van der Waals surface area contributed by atoms with Crippen molar-refractivity contribution in [2.75, 3.05) is 6.61 Å². The summed E-state index contributed by atoms with van der Waals surface area (Å²) in [5.74, 6) is -0.231. The minimum absolute atomic E-state index is 0.231. The second-order valence-electron chi connectivity index (χ2n) is 3.94. The minimum Gasteiger partial charge on any atom is -0.465 e. The lowest BCUT2D eigenvalue weighted by molar-refractivity contribution is -0.145. The molecule has 0 radical (unpaired) electrons. The summed E-state index contributed by atoms with van der Waals surface area (Å²) >= 11 is 6.02. The molecule has 1 rings (SSSR count). The lowest BCUT2D eigenvalue weighted by Gasteiger charge is -2.12. The average Bonchev–Trinajstić information content (AvgIpc) is 2.30. The number of esters is 1. The molecular weight excluding hydrogens is 238 g/mol. The van der Waals surface area contributed by atoms with Gasteiger partial charge in [0.15, 0.2) is 0 Å². The van der Waals surface area contributed by atoms with Crippen LogP contribution in [0.25, 0.3) is 0 Å². The molecule has 0 saturated carbocycles. The number of hydrogen-bond donors (Lipinski definition) is 1. The van der Waals surface area contributed by atoms with E-state index in [9.17, 15) is 4.79 Å². The molecule has 1 aromatic rings. The zero-order chi connectivity index (χ0) is 12.8. The van der Waals surface area contributed by atoms with Gasteiger partial charge in [-0.3, -0.25) is 4.79 Å². The Labute approximate surface area is 107 Å². The Kier molecular flexibility index (Phi) is 5.45. The van der Waals surface area contributed by atoms with Crippen LogP contribution in [0.1, 0.15) is 25.0 Å². The summed E-state index contributed by atoms with van der Waals surface area (Å²) in [5, 5.41) is 3.84. The van der Waals surface area contributed by atoms with Crippen molar-refractivity contribution >= 4 is 17.6 Å². The van der Waals surface area contributed by atoms with Crippen LogP contribution in [0, 0.1) is 6.92 Å². The van der Waals surface area contributed by atoms with Crippen molar-refractivity contribution in [3.63, 3.8) is 0 Å². The summed E-state index contributed by atoms with van der Waals surface area (Å²) in [6.07, 6.45) is 0. The number of rotatable bonds is 5. The van der Waals surface area contributed by atoms with E-state index < -0.39 is 0 Å². The Balaban J connectivity index is 2.50. The topological polar surface area (TPSA) is 38.3 Å². The van der Waals surface area contributed by atoms with Crippen LogP contribution < -0.4 is 5.32 Å². The first-order chi connectivity index (χ1) is 8.04. The number of carbonyl (C=O) groups excluding carboxylic acids is 1. The molecule has 3 nitrogen and oxygen atoms in total. The van der Waals surface area contributed by atoms with Crippen LogP contribution in [-0.4, -0.2) is 18.6 Å². The maximum absolute atomic E-state index is 11.4. The van der Waals surface area contributed by atoms with Crippen LogP contribution in [0.15, 0.2) is 18.2 Å². The van der Waals surface area contributed by atoms with Crippen molar-refractivity contribution in [2.24, 2.45) is 0 Å². The molecule has 1 aromatic carbocycles. The van der Waals surface area contributed by atoms with E-state index >= 15 is 0 Å². The summed E-state index contributed by atoms with van der Waals surface area (Å²) in [5.41, 5.74) is 2.10. The maximum atomic E-state index is 11.4. The highest BCUT2D eigenvalue weighted by Crippen LogP contribution is 2.16. The molecule has 0 amide bonds. The Bertz CT molecular complexity index is 393. The van der Waals surface area contributed by atoms with Crippen LogP contribution in [-0.2, 0) is 16.1 Å². The van der Waals surface area contributed by atoms with E-state index in [1.165, 1.54) is 0 Å². The number of benzene rings is 1. The monoisotopic (exact) mass is 255 g/mol. The normalized spacial score (nSPS) is 12.2. The summed E-state index contributed by atoms with van der Waals surface area (Å²) in [7, 11) is 0. The molecule has 1 atom stereocenters. The predicted molar refractivity (Wildman–Crippen MR) is 69.1 cm³/mol. The molecule has 94 valence electrons. The molecule has 0 heterocycles. The van der Waals surface area contributed by atoms with Gasteiger partial charge in [0.1, 0.15) is 6.04 Å². The fourth-order valence-corrected chi connectivity index (χ4v) is 1.57. The number of ether oxygens (including phenoxy) is 1. The van der Waals surface area contributed by atoms with Crippen LogP contribution in [0.4, 0.5) is 0 Å². The molecule has 0 bridgehead atoms. The van der Waals surface area contributed by atoms with Gasteiger partial charge < -0.3 is 10.1 Å². The molecule has 0 aliphatic heterocycles. The molecule has 0 saturated heterocycles. The Hall–Kier alpha value is -1.06. The van der Waals surface area contributed by atoms with Gasteiger partial charge in [-0.2, -0.15) is 0 Å². The Morgan fingerprint density at radius 1 is 1.53 bits per heavy atom. The first-order valence-electron chi connectivity index (χ1n) is 5.69. The van der Waals surface area contributed by atoms with Gasteiger partial charge in [-0.1, -0.05) is 23.7 Å². The fourth-order valence-electron chi connectivity index (χ4n) is 1.37. The van der Waals surface area contributed by atoms with E-state index in [-0.39, 0.29) is 12.0 Å². The van der Waals surface area contributed by atoms with Crippen LogP contribution in [0.3, 0.4) is 0 Å². The van der Waals surface area contributed by atoms with Crippen LogP contribution >= 0.6 is 11.6 Å². The van der Waals surface area contributed by atoms with Crippen molar-refractivity contribution in [2.45, 2.75) is 33.4 Å². The summed E-state index contributed by atoms with van der Waals surface area (Å²) in [4.78, 5) is 11.4. The lowest BCUT2D eigenvalue weighted by atomic mass is 10.1. The van der Waals surface area contributed by atoms with E-state index in [1.54, 1.807) is 13.8 Å². The van der Waals surface area contributed by atoms with Gasteiger partial charge in [-0.25, -0.2) is 0 Å². The van der Waals surface area contributed by atoms with Crippen molar-refractivity contribution in [1.82, 2.24) is 5.32 Å². The highest BCUT2D eigenvalue weighted by Gasteiger charge is 2.12. The van der Waals surface area contributed by atoms with E-state index in [1.807, 2.05) is 25.1 Å². The standard InChI is InChI=1S/C13H18ClNO2/c1-4-17-13(16)10(3)15-8-11-6-5-9(2)12(14)7-11/h5-7,10,15H,4,8H2,1-3H3. The summed E-state index contributed by atoms with van der Waals surface area (Å²) < 4.78 is 4.91. The van der Waals surface area contributed by atoms with Gasteiger partial charge in [0.25, 0.3) is 0 Å². The summed E-state index contributed by atoms with van der Waals surface area (Å²) in [6, 6.07) is 5.55. The first kappa shape index (κ1) is 14.0. The average molecular weight is 256 g/mol. The lowest BCUT2D eigenvalue weighted by Crippen LogP contribution is -2.34. The number of nitrogens with one attached hydrogen (secondary N) is 1. The third-order valence-electron chi connectivity index (χ3n) is 2.49. The zero-order valence-electron chi connectivity index (χ0n) is 10.4. The fraction of sp³-hybridized carbons (Fsp3) is 0.462. The number of aryl methyl sites for hydroxylation is 1. The largest absolute Gasteiger partial charge is 0.465 e. The third kappa shape index (κ3) is 4.36. The molecule has 0 aromatic heterocycles. The van der Waals surface area contributed by atoms with Crippen molar-refractivity contribution in [1.29, 1.82) is 0 Å². The van der Waals surface area contributed by atoms with Crippen LogP contribution in [0.5, 0.6) is 0 Å². The molecule has 1 unspecified atom stereocenters. The zero-order valence-corrected chi connectivity index (χ0v) is 11.2. The third-order valence-corrected chi connectivity index (χ3v) is 2.90. The van der Waals surface area contributed by atoms with Gasteiger partial charge in [0, 0.05) is 11.6 Å².